The lowest BCUT2D eigenvalue weighted by molar-refractivity contribution is -0.119. The Kier molecular flexibility index (Phi) is 5.34. The first-order valence-corrected chi connectivity index (χ1v) is 10.7. The van der Waals surface area contributed by atoms with Crippen LogP contribution in [0.2, 0.25) is 0 Å². The summed E-state index contributed by atoms with van der Waals surface area (Å²) in [6.07, 6.45) is 6.90. The molecule has 1 aromatic carbocycles. The fraction of sp³-hybridized carbons (Fsp3) is 0.476. The van der Waals surface area contributed by atoms with Crippen molar-refractivity contribution in [1.29, 1.82) is 0 Å². The maximum atomic E-state index is 12.5. The van der Waals surface area contributed by atoms with Gasteiger partial charge in [0.2, 0.25) is 5.91 Å². The standard InChI is InChI=1S/C21H26N4OS/c1-3-11-25-20(17-6-4-5-14(2)12-17)23-24-21(25)27-13-18(26)22-19(15-7-8-15)16-9-10-16/h3-6,12,15-16,19H,1,7-11,13H2,2H3,(H,22,26). The molecule has 2 aliphatic carbocycles. The average Bonchev–Trinajstić information content (AvgIpc) is 3.57. The largest absolute Gasteiger partial charge is 0.352 e. The molecule has 0 aliphatic heterocycles. The Balaban J connectivity index is 1.43. The number of carbonyl (C=O) groups is 1. The van der Waals surface area contributed by atoms with E-state index in [1.165, 1.54) is 43.0 Å². The second kappa shape index (κ2) is 7.89. The van der Waals surface area contributed by atoms with E-state index >= 15 is 0 Å². The lowest BCUT2D eigenvalue weighted by Crippen LogP contribution is -2.39. The summed E-state index contributed by atoms with van der Waals surface area (Å²) >= 11 is 1.45. The summed E-state index contributed by atoms with van der Waals surface area (Å²) in [5.41, 5.74) is 2.21. The summed E-state index contributed by atoms with van der Waals surface area (Å²) in [5, 5.41) is 12.7. The average molecular weight is 383 g/mol. The number of nitrogens with one attached hydrogen (secondary N) is 1. The Labute approximate surface area is 164 Å². The number of nitrogens with zero attached hydrogens (tertiary/aromatic N) is 3. The SMILES string of the molecule is C=CCn1c(SCC(=O)NC(C2CC2)C2CC2)nnc1-c1cccc(C)c1. The topological polar surface area (TPSA) is 59.8 Å². The third-order valence-electron chi connectivity index (χ3n) is 5.22. The molecule has 27 heavy (non-hydrogen) atoms. The highest BCUT2D eigenvalue weighted by Gasteiger charge is 2.42. The van der Waals surface area contributed by atoms with Crippen molar-refractivity contribution in [3.05, 3.63) is 42.5 Å². The summed E-state index contributed by atoms with van der Waals surface area (Å²) in [6, 6.07) is 8.61. The zero-order valence-corrected chi connectivity index (χ0v) is 16.5. The van der Waals surface area contributed by atoms with Gasteiger partial charge >= 0.3 is 0 Å². The summed E-state index contributed by atoms with van der Waals surface area (Å²) in [7, 11) is 0. The van der Waals surface area contributed by atoms with Gasteiger partial charge in [0.25, 0.3) is 0 Å². The van der Waals surface area contributed by atoms with E-state index in [2.05, 4.69) is 41.1 Å². The van der Waals surface area contributed by atoms with E-state index in [9.17, 15) is 4.79 Å². The summed E-state index contributed by atoms with van der Waals surface area (Å²) in [5.74, 6) is 2.72. The number of amides is 1. The van der Waals surface area contributed by atoms with Crippen molar-refractivity contribution in [2.24, 2.45) is 11.8 Å². The molecule has 0 spiro atoms. The first kappa shape index (κ1) is 18.3. The van der Waals surface area contributed by atoms with Crippen molar-refractivity contribution in [3.63, 3.8) is 0 Å². The van der Waals surface area contributed by atoms with Gasteiger partial charge < -0.3 is 5.32 Å². The minimum atomic E-state index is 0.106. The van der Waals surface area contributed by atoms with Crippen LogP contribution in [0.1, 0.15) is 31.2 Å². The van der Waals surface area contributed by atoms with Crippen molar-refractivity contribution in [3.8, 4) is 11.4 Å². The van der Waals surface area contributed by atoms with Crippen molar-refractivity contribution < 1.29 is 4.79 Å². The Hall–Kier alpha value is -2.08. The molecule has 0 bridgehead atoms. The molecule has 142 valence electrons. The van der Waals surface area contributed by atoms with E-state index in [0.717, 1.165) is 16.5 Å². The maximum absolute atomic E-state index is 12.5. The second-order valence-electron chi connectivity index (χ2n) is 7.63. The van der Waals surface area contributed by atoms with Crippen molar-refractivity contribution >= 4 is 17.7 Å². The normalized spacial score (nSPS) is 16.5. The summed E-state index contributed by atoms with van der Waals surface area (Å²) in [4.78, 5) is 12.5. The van der Waals surface area contributed by atoms with E-state index in [1.54, 1.807) is 0 Å². The summed E-state index contributed by atoms with van der Waals surface area (Å²) in [6.45, 7) is 6.53. The number of hydrogen-bond acceptors (Lipinski definition) is 4. The van der Waals surface area contributed by atoms with Crippen LogP contribution in [0.15, 0.2) is 42.1 Å². The zero-order valence-electron chi connectivity index (χ0n) is 15.7. The molecule has 0 atom stereocenters. The maximum Gasteiger partial charge on any atom is 0.230 e. The predicted octanol–water partition coefficient (Wildman–Crippen LogP) is 3.84. The quantitative estimate of drug-likeness (QED) is 0.529. The molecule has 1 amide bonds. The van der Waals surface area contributed by atoms with E-state index < -0.39 is 0 Å². The minimum Gasteiger partial charge on any atom is -0.352 e. The van der Waals surface area contributed by atoms with Gasteiger partial charge in [-0.25, -0.2) is 0 Å². The van der Waals surface area contributed by atoms with E-state index in [0.29, 0.717) is 30.2 Å². The number of benzene rings is 1. The highest BCUT2D eigenvalue weighted by Crippen LogP contribution is 2.44. The molecule has 2 aliphatic rings. The number of allylic oxidation sites excluding steroid dienone is 1. The van der Waals surface area contributed by atoms with Crippen LogP contribution < -0.4 is 5.32 Å². The molecule has 1 heterocycles. The Morgan fingerprint density at radius 3 is 2.70 bits per heavy atom. The van der Waals surface area contributed by atoms with Crippen molar-refractivity contribution in [1.82, 2.24) is 20.1 Å². The van der Waals surface area contributed by atoms with Crippen LogP contribution in [-0.4, -0.2) is 32.5 Å². The Bertz CT molecular complexity index is 826. The van der Waals surface area contributed by atoms with Crippen LogP contribution in [-0.2, 0) is 11.3 Å². The molecule has 1 N–H and O–H groups in total. The molecule has 0 unspecified atom stereocenters. The first-order valence-electron chi connectivity index (χ1n) is 9.69. The van der Waals surface area contributed by atoms with Crippen molar-refractivity contribution in [2.45, 2.75) is 50.4 Å². The highest BCUT2D eigenvalue weighted by atomic mass is 32.2. The van der Waals surface area contributed by atoms with Gasteiger partial charge in [-0.05, 0) is 50.5 Å². The van der Waals surface area contributed by atoms with Crippen LogP contribution in [0, 0.1) is 18.8 Å². The molecule has 0 radical (unpaired) electrons. The number of hydrogen-bond donors (Lipinski definition) is 1. The molecule has 1 aromatic heterocycles. The van der Waals surface area contributed by atoms with Gasteiger partial charge in [0, 0.05) is 18.2 Å². The molecule has 2 saturated carbocycles. The zero-order chi connectivity index (χ0) is 18.8. The molecule has 4 rings (SSSR count). The first-order chi connectivity index (χ1) is 13.2. The van der Waals surface area contributed by atoms with E-state index in [1.807, 2.05) is 22.8 Å². The Morgan fingerprint density at radius 1 is 1.33 bits per heavy atom. The number of carbonyl (C=O) groups excluding carboxylic acids is 1. The molecule has 6 heteroatoms. The lowest BCUT2D eigenvalue weighted by atomic mass is 10.1. The molecule has 2 fully saturated rings. The van der Waals surface area contributed by atoms with Crippen LogP contribution in [0.4, 0.5) is 0 Å². The molecule has 0 saturated heterocycles. The van der Waals surface area contributed by atoms with Crippen LogP contribution in [0.5, 0.6) is 0 Å². The number of rotatable bonds is 9. The van der Waals surface area contributed by atoms with E-state index in [4.69, 9.17) is 0 Å². The number of aryl methyl sites for hydroxylation is 1. The lowest BCUT2D eigenvalue weighted by Gasteiger charge is -2.17. The molecule has 5 nitrogen and oxygen atoms in total. The van der Waals surface area contributed by atoms with Crippen LogP contribution >= 0.6 is 11.8 Å². The van der Waals surface area contributed by atoms with E-state index in [-0.39, 0.29) is 5.91 Å². The third kappa shape index (κ3) is 4.43. The highest BCUT2D eigenvalue weighted by molar-refractivity contribution is 7.99. The van der Waals surface area contributed by atoms with Gasteiger partial charge in [-0.2, -0.15) is 0 Å². The summed E-state index contributed by atoms with van der Waals surface area (Å²) < 4.78 is 2.03. The predicted molar refractivity (Wildman–Crippen MR) is 108 cm³/mol. The second-order valence-corrected chi connectivity index (χ2v) is 8.57. The van der Waals surface area contributed by atoms with Gasteiger partial charge in [0.15, 0.2) is 11.0 Å². The van der Waals surface area contributed by atoms with Gasteiger partial charge in [-0.15, -0.1) is 16.8 Å². The monoisotopic (exact) mass is 382 g/mol. The van der Waals surface area contributed by atoms with Crippen LogP contribution in [0.3, 0.4) is 0 Å². The van der Waals surface area contributed by atoms with Gasteiger partial charge in [-0.1, -0.05) is 41.6 Å². The minimum absolute atomic E-state index is 0.106. The third-order valence-corrected chi connectivity index (χ3v) is 6.19. The van der Waals surface area contributed by atoms with Gasteiger partial charge in [0.1, 0.15) is 0 Å². The smallest absolute Gasteiger partial charge is 0.230 e. The number of thioether (sulfide) groups is 1. The fourth-order valence-electron chi connectivity index (χ4n) is 3.58. The molecular formula is C21H26N4OS. The fourth-order valence-corrected chi connectivity index (χ4v) is 4.33. The van der Waals surface area contributed by atoms with Crippen LogP contribution in [0.25, 0.3) is 11.4 Å². The van der Waals surface area contributed by atoms with Gasteiger partial charge in [-0.3, -0.25) is 9.36 Å². The molecular weight excluding hydrogens is 356 g/mol. The van der Waals surface area contributed by atoms with Gasteiger partial charge in [0.05, 0.1) is 5.75 Å². The molecule has 2 aromatic rings. The van der Waals surface area contributed by atoms with Crippen molar-refractivity contribution in [2.75, 3.05) is 5.75 Å². The Morgan fingerprint density at radius 2 is 2.07 bits per heavy atom. The number of aromatic nitrogens is 3.